The average Bonchev–Trinajstić information content (AvgIpc) is 3.33. The zero-order chi connectivity index (χ0) is 32.2. The van der Waals surface area contributed by atoms with E-state index < -0.39 is 18.0 Å². The van der Waals surface area contributed by atoms with Crippen LogP contribution in [-0.4, -0.2) is 49.4 Å². The van der Waals surface area contributed by atoms with Crippen molar-refractivity contribution in [2.75, 3.05) is 32.7 Å². The first-order chi connectivity index (χ1) is 21.6. The van der Waals surface area contributed by atoms with Gasteiger partial charge in [0.1, 0.15) is 6.61 Å². The lowest BCUT2D eigenvalue weighted by Crippen LogP contribution is -2.39. The highest BCUT2D eigenvalue weighted by Gasteiger charge is 2.33. The Balaban J connectivity index is 1.52. The Hall–Kier alpha value is -5.16. The van der Waals surface area contributed by atoms with Gasteiger partial charge in [-0.25, -0.2) is 14.6 Å². The number of aromatic nitrogens is 1. The van der Waals surface area contributed by atoms with Crippen LogP contribution in [0.15, 0.2) is 87.8 Å². The third-order valence-electron chi connectivity index (χ3n) is 7.30. The van der Waals surface area contributed by atoms with Crippen molar-refractivity contribution >= 4 is 35.0 Å². The number of anilines is 1. The number of thiazole rings is 1. The summed E-state index contributed by atoms with van der Waals surface area (Å²) in [7, 11) is 5.41. The van der Waals surface area contributed by atoms with Gasteiger partial charge in [-0.05, 0) is 73.0 Å². The molecule has 10 nitrogen and oxygen atoms in total. The van der Waals surface area contributed by atoms with Gasteiger partial charge < -0.3 is 24.2 Å². The second-order valence-electron chi connectivity index (χ2n) is 10.5. The number of hydrogen-bond donors (Lipinski definition) is 1. The Morgan fingerprint density at radius 1 is 1.07 bits per heavy atom. The summed E-state index contributed by atoms with van der Waals surface area (Å²) in [6, 6.07) is 18.8. The first-order valence-corrected chi connectivity index (χ1v) is 15.0. The zero-order valence-electron chi connectivity index (χ0n) is 25.6. The molecule has 0 unspecified atom stereocenters. The van der Waals surface area contributed by atoms with E-state index in [-0.39, 0.29) is 24.3 Å². The van der Waals surface area contributed by atoms with Crippen molar-refractivity contribution in [3.05, 3.63) is 120 Å². The molecule has 5 rings (SSSR count). The summed E-state index contributed by atoms with van der Waals surface area (Å²) in [5, 5.41) is 9.26. The normalized spacial score (nSPS) is 14.4. The van der Waals surface area contributed by atoms with E-state index in [1.807, 2.05) is 43.3 Å². The minimum absolute atomic E-state index is 0.146. The van der Waals surface area contributed by atoms with Gasteiger partial charge in [0.15, 0.2) is 16.3 Å². The molecule has 11 heteroatoms. The van der Waals surface area contributed by atoms with Crippen molar-refractivity contribution in [1.82, 2.24) is 4.57 Å². The smallest absolute Gasteiger partial charge is 0.338 e. The van der Waals surface area contributed by atoms with Gasteiger partial charge in [-0.15, -0.1) is 0 Å². The fraction of sp³-hybridized carbons (Fsp3) is 0.235. The molecule has 3 aromatic carbocycles. The SMILES string of the molecule is CCOC(=O)C1=C(C)N=c2s/c(=C\c3ccc(OCc4cccc(C(=O)O)c4)c(OC)c3)c(=O)n2[C@H]1c1ccc(N(C)C)cc1. The predicted octanol–water partition coefficient (Wildman–Crippen LogP) is 4.15. The average molecular weight is 628 g/mol. The number of ether oxygens (including phenoxy) is 3. The van der Waals surface area contributed by atoms with E-state index in [1.165, 1.54) is 24.5 Å². The molecule has 0 amide bonds. The number of carboxylic acid groups (broad SMARTS) is 1. The van der Waals surface area contributed by atoms with Crippen molar-refractivity contribution in [3.63, 3.8) is 0 Å². The summed E-state index contributed by atoms with van der Waals surface area (Å²) in [6.07, 6.45) is 1.75. The molecule has 0 radical (unpaired) electrons. The van der Waals surface area contributed by atoms with Gasteiger partial charge in [0, 0.05) is 19.8 Å². The first-order valence-electron chi connectivity index (χ1n) is 14.2. The summed E-state index contributed by atoms with van der Waals surface area (Å²) in [5.41, 5.74) is 3.87. The van der Waals surface area contributed by atoms with Crippen LogP contribution in [0.1, 0.15) is 46.9 Å². The van der Waals surface area contributed by atoms with E-state index in [1.54, 1.807) is 60.9 Å². The summed E-state index contributed by atoms with van der Waals surface area (Å²) < 4.78 is 18.9. The highest BCUT2D eigenvalue weighted by atomic mass is 32.1. The number of allylic oxidation sites excluding steroid dienone is 1. The fourth-order valence-electron chi connectivity index (χ4n) is 5.06. The number of methoxy groups -OCH3 is 1. The Morgan fingerprint density at radius 3 is 2.49 bits per heavy atom. The molecule has 1 N–H and O–H groups in total. The molecule has 0 saturated heterocycles. The second-order valence-corrected chi connectivity index (χ2v) is 11.5. The summed E-state index contributed by atoms with van der Waals surface area (Å²) in [4.78, 5) is 45.5. The molecule has 232 valence electrons. The highest BCUT2D eigenvalue weighted by molar-refractivity contribution is 7.07. The molecule has 2 heterocycles. The van der Waals surface area contributed by atoms with Crippen molar-refractivity contribution in [2.45, 2.75) is 26.5 Å². The maximum absolute atomic E-state index is 14.0. The van der Waals surface area contributed by atoms with E-state index in [0.29, 0.717) is 43.2 Å². The Kier molecular flexibility index (Phi) is 9.19. The van der Waals surface area contributed by atoms with Gasteiger partial charge in [-0.3, -0.25) is 9.36 Å². The Morgan fingerprint density at radius 2 is 1.82 bits per heavy atom. The van der Waals surface area contributed by atoms with E-state index in [4.69, 9.17) is 14.2 Å². The van der Waals surface area contributed by atoms with Gasteiger partial charge in [-0.1, -0.05) is 41.7 Å². The van der Waals surface area contributed by atoms with Crippen LogP contribution in [0.3, 0.4) is 0 Å². The molecule has 0 spiro atoms. The van der Waals surface area contributed by atoms with Crippen LogP contribution in [0.2, 0.25) is 0 Å². The second kappa shape index (κ2) is 13.2. The van der Waals surface area contributed by atoms with E-state index in [2.05, 4.69) is 4.99 Å². The number of carboxylic acids is 1. The molecule has 0 bridgehead atoms. The molecule has 1 atom stereocenters. The highest BCUT2D eigenvalue weighted by Crippen LogP contribution is 2.32. The van der Waals surface area contributed by atoms with Crippen LogP contribution in [0.5, 0.6) is 11.5 Å². The standard InChI is InChI=1S/C34H33N3O7S/c1-6-43-33(41)29-20(2)35-34-37(30(29)23-11-13-25(14-12-23)36(3)4)31(38)28(45-34)18-21-10-15-26(27(17-21)42-5)44-19-22-8-7-9-24(16-22)32(39)40/h7-18,30H,6,19H2,1-5H3,(H,39,40)/b28-18-/t30-/m0/s1. The first kappa shape index (κ1) is 31.3. The topological polar surface area (TPSA) is 120 Å². The lowest BCUT2D eigenvalue weighted by atomic mass is 9.95. The van der Waals surface area contributed by atoms with Crippen molar-refractivity contribution in [2.24, 2.45) is 4.99 Å². The number of fused-ring (bicyclic) bond motifs is 1. The van der Waals surface area contributed by atoms with Gasteiger partial charge in [-0.2, -0.15) is 0 Å². The molecular weight excluding hydrogens is 594 g/mol. The minimum Gasteiger partial charge on any atom is -0.493 e. The van der Waals surface area contributed by atoms with Gasteiger partial charge >= 0.3 is 11.9 Å². The minimum atomic E-state index is -1.01. The molecular formula is C34H33N3O7S. The number of nitrogens with zero attached hydrogens (tertiary/aromatic N) is 3. The maximum atomic E-state index is 14.0. The van der Waals surface area contributed by atoms with Crippen molar-refractivity contribution in [1.29, 1.82) is 0 Å². The van der Waals surface area contributed by atoms with Crippen LogP contribution in [0.25, 0.3) is 6.08 Å². The van der Waals surface area contributed by atoms with Crippen molar-refractivity contribution < 1.29 is 28.9 Å². The molecule has 1 aromatic heterocycles. The number of carbonyl (C=O) groups is 2. The van der Waals surface area contributed by atoms with Crippen LogP contribution in [0, 0.1) is 0 Å². The number of benzene rings is 3. The van der Waals surface area contributed by atoms with E-state index in [9.17, 15) is 19.5 Å². The number of carbonyl (C=O) groups excluding carboxylic acids is 1. The van der Waals surface area contributed by atoms with Crippen LogP contribution in [0.4, 0.5) is 5.69 Å². The number of rotatable bonds is 10. The molecule has 0 fully saturated rings. The summed E-state index contributed by atoms with van der Waals surface area (Å²) in [5.74, 6) is -0.604. The summed E-state index contributed by atoms with van der Waals surface area (Å²) >= 11 is 1.24. The largest absolute Gasteiger partial charge is 0.493 e. The van der Waals surface area contributed by atoms with E-state index in [0.717, 1.165) is 11.3 Å². The third-order valence-corrected chi connectivity index (χ3v) is 8.28. The van der Waals surface area contributed by atoms with Crippen LogP contribution < -0.4 is 29.3 Å². The summed E-state index contributed by atoms with van der Waals surface area (Å²) in [6.45, 7) is 3.84. The van der Waals surface area contributed by atoms with Crippen LogP contribution in [-0.2, 0) is 16.1 Å². The maximum Gasteiger partial charge on any atom is 0.338 e. The van der Waals surface area contributed by atoms with Gasteiger partial charge in [0.05, 0.1) is 41.1 Å². The Bertz CT molecular complexity index is 1970. The molecule has 0 aliphatic carbocycles. The predicted molar refractivity (Wildman–Crippen MR) is 172 cm³/mol. The third kappa shape index (κ3) is 6.53. The van der Waals surface area contributed by atoms with E-state index >= 15 is 0 Å². The number of aromatic carboxylic acids is 1. The van der Waals surface area contributed by atoms with Gasteiger partial charge in [0.25, 0.3) is 5.56 Å². The fourth-order valence-corrected chi connectivity index (χ4v) is 6.11. The molecule has 4 aromatic rings. The number of hydrogen-bond acceptors (Lipinski definition) is 9. The molecule has 0 saturated carbocycles. The quantitative estimate of drug-likeness (QED) is 0.261. The number of esters is 1. The van der Waals surface area contributed by atoms with Crippen molar-refractivity contribution in [3.8, 4) is 11.5 Å². The lowest BCUT2D eigenvalue weighted by Gasteiger charge is -2.25. The Labute approximate surface area is 263 Å². The lowest BCUT2D eigenvalue weighted by molar-refractivity contribution is -0.139. The molecule has 1 aliphatic heterocycles. The molecule has 1 aliphatic rings. The monoisotopic (exact) mass is 627 g/mol. The van der Waals surface area contributed by atoms with Crippen LogP contribution >= 0.6 is 11.3 Å². The molecule has 45 heavy (non-hydrogen) atoms. The zero-order valence-corrected chi connectivity index (χ0v) is 26.4. The van der Waals surface area contributed by atoms with Gasteiger partial charge in [0.2, 0.25) is 0 Å².